The molecule has 4 saturated carbocycles. The minimum Gasteiger partial charge on any atom is -0.288 e. The quantitative estimate of drug-likeness (QED) is 0.309. The average Bonchev–Trinajstić information content (AvgIpc) is 2.96. The lowest BCUT2D eigenvalue weighted by Crippen LogP contribution is -2.53. The van der Waals surface area contributed by atoms with Crippen molar-refractivity contribution in [2.24, 2.45) is 46.3 Å². The molecule has 148 valence electrons. The molecule has 4 fully saturated rings. The summed E-state index contributed by atoms with van der Waals surface area (Å²) in [6, 6.07) is 0. The lowest BCUT2D eigenvalue weighted by atomic mass is 9.44. The highest BCUT2D eigenvalue weighted by Gasteiger charge is 2.60. The van der Waals surface area contributed by atoms with Crippen LogP contribution in [0.3, 0.4) is 0 Å². The largest absolute Gasteiger partial charge is 0.288 e. The summed E-state index contributed by atoms with van der Waals surface area (Å²) >= 11 is 1.98. The molecule has 1 nitrogen and oxygen atoms in total. The van der Waals surface area contributed by atoms with Crippen LogP contribution in [-0.2, 0) is 4.79 Å². The Labute approximate surface area is 175 Å². The van der Waals surface area contributed by atoms with Crippen molar-refractivity contribution in [3.63, 3.8) is 0 Å². The van der Waals surface area contributed by atoms with Crippen molar-refractivity contribution < 1.29 is 4.79 Å². The Morgan fingerprint density at radius 2 is 1.73 bits per heavy atom. The van der Waals surface area contributed by atoms with Gasteiger partial charge >= 0.3 is 0 Å². The number of rotatable bonds is 4. The van der Waals surface area contributed by atoms with Gasteiger partial charge in [0, 0.05) is 6.42 Å². The monoisotopic (exact) mass is 470 g/mol. The van der Waals surface area contributed by atoms with Gasteiger partial charge in [-0.15, -0.1) is 0 Å². The zero-order valence-corrected chi connectivity index (χ0v) is 19.4. The Balaban J connectivity index is 1.52. The molecule has 4 rings (SSSR count). The van der Waals surface area contributed by atoms with Gasteiger partial charge in [0.2, 0.25) is 0 Å². The average molecular weight is 470 g/mol. The molecule has 0 spiro atoms. The minimum atomic E-state index is 0.349. The summed E-state index contributed by atoms with van der Waals surface area (Å²) in [6.07, 6.45) is 16.8. The Morgan fingerprint density at radius 1 is 0.962 bits per heavy atom. The van der Waals surface area contributed by atoms with Crippen LogP contribution in [0.1, 0.15) is 97.8 Å². The molecule has 0 amide bonds. The van der Waals surface area contributed by atoms with Crippen molar-refractivity contribution in [2.75, 3.05) is 0 Å². The Bertz CT molecular complexity index is 544. The first-order chi connectivity index (χ1) is 12.4. The third-order valence-corrected chi connectivity index (χ3v) is 10.7. The molecule has 4 aliphatic carbocycles. The van der Waals surface area contributed by atoms with E-state index >= 15 is 0 Å². The van der Waals surface area contributed by atoms with Crippen molar-refractivity contribution in [3.05, 3.63) is 0 Å². The number of carbonyl (C=O) groups is 1. The normalized spacial score (nSPS) is 49.0. The lowest BCUT2D eigenvalue weighted by Gasteiger charge is -2.61. The van der Waals surface area contributed by atoms with E-state index in [2.05, 4.69) is 20.8 Å². The first-order valence-electron chi connectivity index (χ1n) is 11.5. The van der Waals surface area contributed by atoms with E-state index in [1.54, 1.807) is 0 Å². The van der Waals surface area contributed by atoms with Crippen molar-refractivity contribution in [1.82, 2.24) is 0 Å². The van der Waals surface area contributed by atoms with Gasteiger partial charge < -0.3 is 0 Å². The van der Waals surface area contributed by atoms with Crippen LogP contribution in [0.25, 0.3) is 0 Å². The van der Waals surface area contributed by atoms with Crippen LogP contribution in [0, 0.1) is 46.3 Å². The maximum Gasteiger partial charge on any atom is 0.192 e. The van der Waals surface area contributed by atoms with E-state index in [4.69, 9.17) is 0 Å². The van der Waals surface area contributed by atoms with Crippen LogP contribution in [0.4, 0.5) is 0 Å². The Morgan fingerprint density at radius 3 is 2.50 bits per heavy atom. The SMILES string of the molecule is C[C@H](CCC(=O)I)[C@H]1CC[C@H]2[C@@H]3CCC4CCCC[C@]4(C)[C@H]3CC[C@]12C. The zero-order valence-electron chi connectivity index (χ0n) is 17.2. The van der Waals surface area contributed by atoms with Gasteiger partial charge in [0.25, 0.3) is 0 Å². The van der Waals surface area contributed by atoms with E-state index in [9.17, 15) is 4.79 Å². The van der Waals surface area contributed by atoms with Crippen molar-refractivity contribution in [3.8, 4) is 0 Å². The van der Waals surface area contributed by atoms with Gasteiger partial charge in [0.05, 0.1) is 0 Å². The molecule has 1 unspecified atom stereocenters. The van der Waals surface area contributed by atoms with Gasteiger partial charge in [0.15, 0.2) is 3.79 Å². The van der Waals surface area contributed by atoms with Gasteiger partial charge in [-0.3, -0.25) is 4.79 Å². The zero-order chi connectivity index (χ0) is 18.5. The molecule has 0 aliphatic heterocycles. The lowest BCUT2D eigenvalue weighted by molar-refractivity contribution is -0.115. The van der Waals surface area contributed by atoms with Crippen LogP contribution in [0.2, 0.25) is 0 Å². The summed E-state index contributed by atoms with van der Waals surface area (Å²) in [4.78, 5) is 11.5. The maximum absolute atomic E-state index is 11.5. The van der Waals surface area contributed by atoms with Crippen LogP contribution in [0.5, 0.6) is 0 Å². The molecule has 0 heterocycles. The molecule has 2 heteroatoms. The van der Waals surface area contributed by atoms with E-state index in [1.165, 1.54) is 64.2 Å². The second kappa shape index (κ2) is 7.34. The summed E-state index contributed by atoms with van der Waals surface area (Å²) in [6.45, 7) is 7.80. The van der Waals surface area contributed by atoms with Gasteiger partial charge in [-0.1, -0.05) is 33.6 Å². The van der Waals surface area contributed by atoms with Gasteiger partial charge in [-0.25, -0.2) is 0 Å². The second-order valence-corrected chi connectivity index (χ2v) is 12.2. The Hall–Kier alpha value is 0.400. The fraction of sp³-hybridized carbons (Fsp3) is 0.958. The van der Waals surface area contributed by atoms with E-state index in [0.29, 0.717) is 14.6 Å². The first-order valence-corrected chi connectivity index (χ1v) is 12.6. The smallest absolute Gasteiger partial charge is 0.192 e. The fourth-order valence-electron chi connectivity index (χ4n) is 8.81. The predicted molar refractivity (Wildman–Crippen MR) is 117 cm³/mol. The first kappa shape index (κ1) is 19.7. The van der Waals surface area contributed by atoms with Crippen LogP contribution >= 0.6 is 22.6 Å². The third-order valence-electron chi connectivity index (χ3n) is 10.1. The van der Waals surface area contributed by atoms with E-state index in [-0.39, 0.29) is 0 Å². The number of hydrogen-bond donors (Lipinski definition) is 0. The van der Waals surface area contributed by atoms with Crippen molar-refractivity contribution in [2.45, 2.75) is 97.8 Å². The van der Waals surface area contributed by atoms with Crippen molar-refractivity contribution in [1.29, 1.82) is 0 Å². The summed E-state index contributed by atoms with van der Waals surface area (Å²) in [5.74, 6) is 5.63. The standard InChI is InChI=1S/C24H39IO/c1-16(7-12-22(25)26)19-10-11-20-18-9-8-17-6-4-5-14-23(17,2)21(18)13-15-24(19,20)3/h16-21H,4-15H2,1-3H3/t16-,17?,18+,19-,20+,21+,23+,24-/m1/s1. The molecule has 0 saturated heterocycles. The van der Waals surface area contributed by atoms with E-state index in [1.807, 2.05) is 22.6 Å². The number of carbonyl (C=O) groups excluding carboxylic acids is 1. The number of halogens is 1. The van der Waals surface area contributed by atoms with Crippen LogP contribution in [-0.4, -0.2) is 3.79 Å². The molecule has 26 heavy (non-hydrogen) atoms. The minimum absolute atomic E-state index is 0.349. The maximum atomic E-state index is 11.5. The Kier molecular flexibility index (Phi) is 5.56. The molecule has 0 N–H and O–H groups in total. The molecular formula is C24H39IO. The third kappa shape index (κ3) is 3.12. The summed E-state index contributed by atoms with van der Waals surface area (Å²) < 4.78 is 0.349. The summed E-state index contributed by atoms with van der Waals surface area (Å²) in [7, 11) is 0. The fourth-order valence-corrected chi connectivity index (χ4v) is 9.12. The second-order valence-electron chi connectivity index (χ2n) is 11.0. The highest BCUT2D eigenvalue weighted by atomic mass is 127. The van der Waals surface area contributed by atoms with Crippen molar-refractivity contribution >= 4 is 26.4 Å². The van der Waals surface area contributed by atoms with E-state index in [0.717, 1.165) is 48.3 Å². The molecular weight excluding hydrogens is 431 g/mol. The highest BCUT2D eigenvalue weighted by Crippen LogP contribution is 2.68. The highest BCUT2D eigenvalue weighted by molar-refractivity contribution is 14.1. The van der Waals surface area contributed by atoms with Gasteiger partial charge in [-0.2, -0.15) is 0 Å². The number of hydrogen-bond acceptors (Lipinski definition) is 1. The number of fused-ring (bicyclic) bond motifs is 5. The van der Waals surface area contributed by atoms with E-state index < -0.39 is 0 Å². The van der Waals surface area contributed by atoms with Crippen LogP contribution in [0.15, 0.2) is 0 Å². The predicted octanol–water partition coefficient (Wildman–Crippen LogP) is 7.41. The topological polar surface area (TPSA) is 17.1 Å². The molecule has 0 bridgehead atoms. The summed E-state index contributed by atoms with van der Waals surface area (Å²) in [5.41, 5.74) is 1.23. The molecule has 0 aromatic carbocycles. The van der Waals surface area contributed by atoms with Gasteiger partial charge in [-0.05, 0) is 127 Å². The molecule has 8 atom stereocenters. The van der Waals surface area contributed by atoms with Gasteiger partial charge in [0.1, 0.15) is 0 Å². The summed E-state index contributed by atoms with van der Waals surface area (Å²) in [5, 5.41) is 0. The molecule has 0 aromatic heterocycles. The molecule has 0 aromatic rings. The molecule has 0 radical (unpaired) electrons. The van der Waals surface area contributed by atoms with Crippen LogP contribution < -0.4 is 0 Å². The molecule has 4 aliphatic rings.